The smallest absolute Gasteiger partial charge is 0.241 e. The van der Waals surface area contributed by atoms with Gasteiger partial charge in [0.1, 0.15) is 6.04 Å². The summed E-state index contributed by atoms with van der Waals surface area (Å²) in [5, 5.41) is 6.77. The molecule has 0 aliphatic carbocycles. The molecule has 2 N–H and O–H groups in total. The summed E-state index contributed by atoms with van der Waals surface area (Å²) in [4.78, 5) is 12.2. The van der Waals surface area contributed by atoms with Gasteiger partial charge in [-0.1, -0.05) is 31.2 Å². The van der Waals surface area contributed by atoms with Crippen molar-refractivity contribution in [2.45, 2.75) is 24.6 Å². The number of amides is 1. The van der Waals surface area contributed by atoms with E-state index in [0.717, 1.165) is 25.1 Å². The highest BCUT2D eigenvalue weighted by atomic mass is 32.2. The van der Waals surface area contributed by atoms with E-state index in [1.807, 2.05) is 18.2 Å². The second-order valence-corrected chi connectivity index (χ2v) is 5.90. The molecule has 1 heterocycles. The molecule has 2 rings (SSSR count). The standard InChI is InChI=1S/C14H20N2OS/c1-10(18-2)9-16-14(17)13-12-6-4-3-5-11(12)7-8-15-13/h3-6,10,13,15H,7-9H2,1-2H3,(H,16,17)/t10-,13-/m1/s1. The Hall–Kier alpha value is -1.00. The van der Waals surface area contributed by atoms with E-state index in [-0.39, 0.29) is 11.9 Å². The Bertz CT molecular complexity index is 422. The molecule has 1 amide bonds. The van der Waals surface area contributed by atoms with Gasteiger partial charge in [0.2, 0.25) is 5.91 Å². The Labute approximate surface area is 113 Å². The van der Waals surface area contributed by atoms with Crippen molar-refractivity contribution in [3.63, 3.8) is 0 Å². The number of hydrogen-bond acceptors (Lipinski definition) is 3. The molecule has 18 heavy (non-hydrogen) atoms. The quantitative estimate of drug-likeness (QED) is 0.870. The minimum absolute atomic E-state index is 0.0862. The van der Waals surface area contributed by atoms with Crippen LogP contribution in [0.15, 0.2) is 24.3 Å². The molecule has 1 aromatic rings. The number of carbonyl (C=O) groups excluding carboxylic acids is 1. The van der Waals surface area contributed by atoms with E-state index in [2.05, 4.69) is 29.9 Å². The van der Waals surface area contributed by atoms with Crippen LogP contribution in [0.25, 0.3) is 0 Å². The first-order chi connectivity index (χ1) is 8.72. The van der Waals surface area contributed by atoms with E-state index < -0.39 is 0 Å². The molecule has 1 aromatic carbocycles. The van der Waals surface area contributed by atoms with E-state index >= 15 is 0 Å². The van der Waals surface area contributed by atoms with Crippen LogP contribution in [0.3, 0.4) is 0 Å². The van der Waals surface area contributed by atoms with Gasteiger partial charge >= 0.3 is 0 Å². The fraction of sp³-hybridized carbons (Fsp3) is 0.500. The normalized spacial score (nSPS) is 20.0. The Morgan fingerprint density at radius 1 is 1.56 bits per heavy atom. The van der Waals surface area contributed by atoms with Crippen LogP contribution in [-0.4, -0.2) is 30.5 Å². The van der Waals surface area contributed by atoms with Gasteiger partial charge in [0.05, 0.1) is 0 Å². The summed E-state index contributed by atoms with van der Waals surface area (Å²) in [7, 11) is 0. The van der Waals surface area contributed by atoms with Crippen molar-refractivity contribution in [1.82, 2.24) is 10.6 Å². The SMILES string of the molecule is CS[C@H](C)CNC(=O)[C@@H]1NCCc2ccccc21. The fourth-order valence-corrected chi connectivity index (χ4v) is 2.42. The van der Waals surface area contributed by atoms with E-state index in [1.54, 1.807) is 11.8 Å². The van der Waals surface area contributed by atoms with Crippen molar-refractivity contribution in [1.29, 1.82) is 0 Å². The van der Waals surface area contributed by atoms with Gasteiger partial charge in [-0.05, 0) is 23.8 Å². The summed E-state index contributed by atoms with van der Waals surface area (Å²) in [5.74, 6) is 0.0862. The van der Waals surface area contributed by atoms with Crippen molar-refractivity contribution >= 4 is 17.7 Å². The maximum Gasteiger partial charge on any atom is 0.241 e. The van der Waals surface area contributed by atoms with Gasteiger partial charge in [0.15, 0.2) is 0 Å². The van der Waals surface area contributed by atoms with Crippen LogP contribution in [0.2, 0.25) is 0 Å². The topological polar surface area (TPSA) is 41.1 Å². The van der Waals surface area contributed by atoms with Crippen molar-refractivity contribution in [2.24, 2.45) is 0 Å². The summed E-state index contributed by atoms with van der Waals surface area (Å²) in [5.41, 5.74) is 2.41. The average Bonchev–Trinajstić information content (AvgIpc) is 2.43. The van der Waals surface area contributed by atoms with Gasteiger partial charge in [-0.25, -0.2) is 0 Å². The number of rotatable bonds is 4. The van der Waals surface area contributed by atoms with E-state index in [0.29, 0.717) is 5.25 Å². The van der Waals surface area contributed by atoms with Crippen molar-refractivity contribution in [3.8, 4) is 0 Å². The predicted molar refractivity (Wildman–Crippen MR) is 76.9 cm³/mol. The lowest BCUT2D eigenvalue weighted by Crippen LogP contribution is -2.42. The van der Waals surface area contributed by atoms with Gasteiger partial charge in [-0.3, -0.25) is 4.79 Å². The summed E-state index contributed by atoms with van der Waals surface area (Å²) in [6, 6.07) is 8.00. The largest absolute Gasteiger partial charge is 0.353 e. The fourth-order valence-electron chi connectivity index (χ4n) is 2.17. The highest BCUT2D eigenvalue weighted by molar-refractivity contribution is 7.99. The zero-order valence-corrected chi connectivity index (χ0v) is 11.7. The Balaban J connectivity index is 2.04. The van der Waals surface area contributed by atoms with Crippen LogP contribution in [0, 0.1) is 0 Å². The van der Waals surface area contributed by atoms with Gasteiger partial charge in [0, 0.05) is 18.3 Å². The van der Waals surface area contributed by atoms with E-state index in [9.17, 15) is 4.79 Å². The minimum Gasteiger partial charge on any atom is -0.353 e. The number of nitrogens with one attached hydrogen (secondary N) is 2. The third kappa shape index (κ3) is 3.06. The van der Waals surface area contributed by atoms with E-state index in [4.69, 9.17) is 0 Å². The number of benzene rings is 1. The molecule has 0 radical (unpaired) electrons. The molecule has 0 bridgehead atoms. The van der Waals surface area contributed by atoms with Gasteiger partial charge in [-0.15, -0.1) is 0 Å². The minimum atomic E-state index is -0.191. The lowest BCUT2D eigenvalue weighted by atomic mass is 9.94. The molecular weight excluding hydrogens is 244 g/mol. The Kier molecular flexibility index (Phi) is 4.66. The molecule has 1 aliphatic heterocycles. The average molecular weight is 264 g/mol. The number of carbonyl (C=O) groups is 1. The van der Waals surface area contributed by atoms with Gasteiger partial charge in [-0.2, -0.15) is 11.8 Å². The maximum atomic E-state index is 12.2. The molecule has 0 spiro atoms. The van der Waals surface area contributed by atoms with Crippen molar-refractivity contribution < 1.29 is 4.79 Å². The maximum absolute atomic E-state index is 12.2. The molecule has 3 nitrogen and oxygen atoms in total. The summed E-state index contributed by atoms with van der Waals surface area (Å²) in [6.07, 6.45) is 3.06. The van der Waals surface area contributed by atoms with Crippen LogP contribution in [0.5, 0.6) is 0 Å². The second kappa shape index (κ2) is 6.25. The molecule has 0 saturated carbocycles. The zero-order chi connectivity index (χ0) is 13.0. The molecule has 1 aliphatic rings. The monoisotopic (exact) mass is 264 g/mol. The number of fused-ring (bicyclic) bond motifs is 1. The van der Waals surface area contributed by atoms with Gasteiger partial charge < -0.3 is 10.6 Å². The molecule has 0 unspecified atom stereocenters. The number of hydrogen-bond donors (Lipinski definition) is 2. The van der Waals surface area contributed by atoms with Crippen LogP contribution >= 0.6 is 11.8 Å². The van der Waals surface area contributed by atoms with Crippen molar-refractivity contribution in [3.05, 3.63) is 35.4 Å². The van der Waals surface area contributed by atoms with Crippen LogP contribution in [0.1, 0.15) is 24.1 Å². The predicted octanol–water partition coefficient (Wildman–Crippen LogP) is 1.74. The molecule has 4 heteroatoms. The highest BCUT2D eigenvalue weighted by Gasteiger charge is 2.25. The first-order valence-corrected chi connectivity index (χ1v) is 7.63. The lowest BCUT2D eigenvalue weighted by molar-refractivity contribution is -0.123. The van der Waals surface area contributed by atoms with Crippen molar-refractivity contribution in [2.75, 3.05) is 19.3 Å². The molecule has 98 valence electrons. The number of thioether (sulfide) groups is 1. The van der Waals surface area contributed by atoms with Crippen LogP contribution in [-0.2, 0) is 11.2 Å². The molecule has 0 aromatic heterocycles. The summed E-state index contributed by atoms with van der Waals surface area (Å²) >= 11 is 1.76. The molecule has 0 fully saturated rings. The molecule has 0 saturated heterocycles. The van der Waals surface area contributed by atoms with E-state index in [1.165, 1.54) is 5.56 Å². The third-order valence-electron chi connectivity index (χ3n) is 3.34. The molecule has 2 atom stereocenters. The van der Waals surface area contributed by atoms with Gasteiger partial charge in [0.25, 0.3) is 0 Å². The summed E-state index contributed by atoms with van der Waals surface area (Å²) < 4.78 is 0. The summed E-state index contributed by atoms with van der Waals surface area (Å²) in [6.45, 7) is 3.71. The Morgan fingerprint density at radius 3 is 3.11 bits per heavy atom. The first-order valence-electron chi connectivity index (χ1n) is 6.34. The van der Waals surface area contributed by atoms with Crippen LogP contribution < -0.4 is 10.6 Å². The second-order valence-electron chi connectivity index (χ2n) is 4.63. The lowest BCUT2D eigenvalue weighted by Gasteiger charge is -2.26. The Morgan fingerprint density at radius 2 is 2.33 bits per heavy atom. The first kappa shape index (κ1) is 13.4. The highest BCUT2D eigenvalue weighted by Crippen LogP contribution is 2.22. The third-order valence-corrected chi connectivity index (χ3v) is 4.31. The van der Waals surface area contributed by atoms with Crippen LogP contribution in [0.4, 0.5) is 0 Å². The molecular formula is C14H20N2OS. The zero-order valence-electron chi connectivity index (χ0n) is 10.9.